The minimum absolute atomic E-state index is 0.0477. The maximum Gasteiger partial charge on any atom is 0.234 e. The first-order chi connectivity index (χ1) is 7.50. The first-order valence-corrected chi connectivity index (χ1v) is 7.34. The van der Waals surface area contributed by atoms with Gasteiger partial charge in [-0.3, -0.25) is 4.79 Å². The van der Waals surface area contributed by atoms with Crippen LogP contribution in [0.15, 0.2) is 0 Å². The van der Waals surface area contributed by atoms with E-state index in [2.05, 4.69) is 42.0 Å². The fourth-order valence-corrected chi connectivity index (χ4v) is 2.55. The first kappa shape index (κ1) is 14.0. The van der Waals surface area contributed by atoms with Crippen molar-refractivity contribution in [1.82, 2.24) is 5.32 Å². The molecule has 2 nitrogen and oxygen atoms in total. The number of amides is 1. The van der Waals surface area contributed by atoms with Crippen LogP contribution in [0.25, 0.3) is 0 Å². The summed E-state index contributed by atoms with van der Waals surface area (Å²) in [5.74, 6) is 2.03. The SMILES string of the molecule is CC1CCCC(CNC(=O)C(Br)C(C)C)C1. The first-order valence-electron chi connectivity index (χ1n) is 6.42. The number of hydrogen-bond acceptors (Lipinski definition) is 1. The van der Waals surface area contributed by atoms with Gasteiger partial charge in [0.05, 0.1) is 4.83 Å². The molecular weight excluding hydrogens is 266 g/mol. The van der Waals surface area contributed by atoms with Crippen molar-refractivity contribution < 1.29 is 4.79 Å². The van der Waals surface area contributed by atoms with E-state index in [0.29, 0.717) is 11.8 Å². The molecule has 1 aliphatic rings. The average molecular weight is 290 g/mol. The van der Waals surface area contributed by atoms with Crippen LogP contribution in [0.1, 0.15) is 46.5 Å². The fourth-order valence-electron chi connectivity index (χ4n) is 2.39. The maximum atomic E-state index is 11.8. The van der Waals surface area contributed by atoms with Crippen LogP contribution in [-0.2, 0) is 4.79 Å². The second-order valence-corrected chi connectivity index (χ2v) is 6.52. The van der Waals surface area contributed by atoms with Gasteiger partial charge in [0.1, 0.15) is 0 Å². The smallest absolute Gasteiger partial charge is 0.234 e. The predicted octanol–water partition coefficient (Wildman–Crippen LogP) is 3.35. The molecule has 1 saturated carbocycles. The van der Waals surface area contributed by atoms with Gasteiger partial charge < -0.3 is 5.32 Å². The molecule has 1 fully saturated rings. The highest BCUT2D eigenvalue weighted by molar-refractivity contribution is 9.10. The van der Waals surface area contributed by atoms with Crippen molar-refractivity contribution in [1.29, 1.82) is 0 Å². The quantitative estimate of drug-likeness (QED) is 0.790. The van der Waals surface area contributed by atoms with Crippen LogP contribution >= 0.6 is 15.9 Å². The zero-order chi connectivity index (χ0) is 12.1. The van der Waals surface area contributed by atoms with E-state index in [-0.39, 0.29) is 10.7 Å². The average Bonchev–Trinajstić information content (AvgIpc) is 2.24. The Bertz CT molecular complexity index is 230. The molecule has 0 aromatic rings. The second kappa shape index (κ2) is 6.63. The molecule has 3 heteroatoms. The Morgan fingerprint density at radius 2 is 2.12 bits per heavy atom. The monoisotopic (exact) mass is 289 g/mol. The van der Waals surface area contributed by atoms with Crippen LogP contribution in [0.4, 0.5) is 0 Å². The molecule has 0 saturated heterocycles. The van der Waals surface area contributed by atoms with Gasteiger partial charge in [0.2, 0.25) is 5.91 Å². The van der Waals surface area contributed by atoms with Crippen molar-refractivity contribution in [2.75, 3.05) is 6.54 Å². The van der Waals surface area contributed by atoms with E-state index in [1.807, 2.05) is 0 Å². The van der Waals surface area contributed by atoms with Crippen molar-refractivity contribution in [2.24, 2.45) is 17.8 Å². The highest BCUT2D eigenvalue weighted by atomic mass is 79.9. The van der Waals surface area contributed by atoms with Crippen molar-refractivity contribution in [2.45, 2.75) is 51.3 Å². The zero-order valence-corrected chi connectivity index (χ0v) is 12.2. The molecule has 1 amide bonds. The molecule has 0 aromatic carbocycles. The van der Waals surface area contributed by atoms with Crippen LogP contribution in [-0.4, -0.2) is 17.3 Å². The highest BCUT2D eigenvalue weighted by Crippen LogP contribution is 2.28. The molecule has 3 unspecified atom stereocenters. The number of nitrogens with one attached hydrogen (secondary N) is 1. The lowest BCUT2D eigenvalue weighted by Gasteiger charge is -2.27. The number of halogens is 1. The van der Waals surface area contributed by atoms with Gasteiger partial charge in [0.15, 0.2) is 0 Å². The minimum Gasteiger partial charge on any atom is -0.355 e. The molecule has 0 aliphatic heterocycles. The lowest BCUT2D eigenvalue weighted by molar-refractivity contribution is -0.121. The van der Waals surface area contributed by atoms with E-state index in [4.69, 9.17) is 0 Å². The van der Waals surface area contributed by atoms with Gasteiger partial charge in [0, 0.05) is 6.54 Å². The molecule has 3 atom stereocenters. The standard InChI is InChI=1S/C13H24BrNO/c1-9(2)12(14)13(16)15-8-11-6-4-5-10(3)7-11/h9-12H,4-8H2,1-3H3,(H,15,16). The Morgan fingerprint density at radius 3 is 2.69 bits per heavy atom. The molecule has 0 radical (unpaired) electrons. The topological polar surface area (TPSA) is 29.1 Å². The van der Waals surface area contributed by atoms with Gasteiger partial charge >= 0.3 is 0 Å². The lowest BCUT2D eigenvalue weighted by Crippen LogP contribution is -2.37. The summed E-state index contributed by atoms with van der Waals surface area (Å²) in [6.07, 6.45) is 5.23. The Morgan fingerprint density at radius 1 is 1.44 bits per heavy atom. The van der Waals surface area contributed by atoms with Gasteiger partial charge in [0.25, 0.3) is 0 Å². The Labute approximate surface area is 108 Å². The zero-order valence-electron chi connectivity index (χ0n) is 10.6. The molecule has 0 spiro atoms. The van der Waals surface area contributed by atoms with Crippen LogP contribution in [0.5, 0.6) is 0 Å². The normalized spacial score (nSPS) is 27.8. The third kappa shape index (κ3) is 4.44. The fraction of sp³-hybridized carbons (Fsp3) is 0.923. The summed E-state index contributed by atoms with van der Waals surface area (Å²) < 4.78 is 0. The molecule has 0 bridgehead atoms. The summed E-state index contributed by atoms with van der Waals surface area (Å²) >= 11 is 3.43. The van der Waals surface area contributed by atoms with Gasteiger partial charge in [-0.1, -0.05) is 49.5 Å². The molecule has 1 N–H and O–H groups in total. The molecule has 16 heavy (non-hydrogen) atoms. The van der Waals surface area contributed by atoms with Gasteiger partial charge in [-0.05, 0) is 30.6 Å². The van der Waals surface area contributed by atoms with E-state index in [1.165, 1.54) is 25.7 Å². The van der Waals surface area contributed by atoms with Gasteiger partial charge in [-0.2, -0.15) is 0 Å². The maximum absolute atomic E-state index is 11.8. The third-order valence-corrected chi connectivity index (χ3v) is 4.92. The number of alkyl halides is 1. The largest absolute Gasteiger partial charge is 0.355 e. The molecule has 94 valence electrons. The summed E-state index contributed by atoms with van der Waals surface area (Å²) in [5, 5.41) is 3.07. The molecule has 0 aromatic heterocycles. The number of hydrogen-bond donors (Lipinski definition) is 1. The molecular formula is C13H24BrNO. The Kier molecular flexibility index (Phi) is 5.81. The van der Waals surface area contributed by atoms with E-state index in [1.54, 1.807) is 0 Å². The predicted molar refractivity (Wildman–Crippen MR) is 71.7 cm³/mol. The van der Waals surface area contributed by atoms with E-state index >= 15 is 0 Å². The van der Waals surface area contributed by atoms with Crippen molar-refractivity contribution in [3.05, 3.63) is 0 Å². The second-order valence-electron chi connectivity index (χ2n) is 5.53. The van der Waals surface area contributed by atoms with Crippen LogP contribution < -0.4 is 5.32 Å². The summed E-state index contributed by atoms with van der Waals surface area (Å²) in [7, 11) is 0. The minimum atomic E-state index is -0.0477. The van der Waals surface area contributed by atoms with Crippen LogP contribution in [0.2, 0.25) is 0 Å². The third-order valence-electron chi connectivity index (χ3n) is 3.45. The van der Waals surface area contributed by atoms with Crippen LogP contribution in [0, 0.1) is 17.8 Å². The van der Waals surface area contributed by atoms with Gasteiger partial charge in [-0.25, -0.2) is 0 Å². The van der Waals surface area contributed by atoms with E-state index in [0.717, 1.165) is 12.5 Å². The van der Waals surface area contributed by atoms with Gasteiger partial charge in [-0.15, -0.1) is 0 Å². The summed E-state index contributed by atoms with van der Waals surface area (Å²) in [6.45, 7) is 7.29. The molecule has 1 rings (SSSR count). The molecule has 0 heterocycles. The van der Waals surface area contributed by atoms with Crippen molar-refractivity contribution in [3.63, 3.8) is 0 Å². The number of carbonyl (C=O) groups excluding carboxylic acids is 1. The number of rotatable bonds is 4. The number of carbonyl (C=O) groups is 1. The van der Waals surface area contributed by atoms with E-state index in [9.17, 15) is 4.79 Å². The lowest BCUT2D eigenvalue weighted by atomic mass is 9.82. The van der Waals surface area contributed by atoms with E-state index < -0.39 is 0 Å². The summed E-state index contributed by atoms with van der Waals surface area (Å²) in [6, 6.07) is 0. The Balaban J connectivity index is 2.25. The van der Waals surface area contributed by atoms with Crippen LogP contribution in [0.3, 0.4) is 0 Å². The summed E-state index contributed by atoms with van der Waals surface area (Å²) in [4.78, 5) is 11.7. The van der Waals surface area contributed by atoms with Crippen molar-refractivity contribution >= 4 is 21.8 Å². The molecule has 1 aliphatic carbocycles. The van der Waals surface area contributed by atoms with Crippen molar-refractivity contribution in [3.8, 4) is 0 Å². The Hall–Kier alpha value is -0.0500. The highest BCUT2D eigenvalue weighted by Gasteiger charge is 2.22. The summed E-state index contributed by atoms with van der Waals surface area (Å²) in [5.41, 5.74) is 0.